The van der Waals surface area contributed by atoms with Gasteiger partial charge in [-0.1, -0.05) is 23.9 Å². The fourth-order valence-electron chi connectivity index (χ4n) is 1.71. The van der Waals surface area contributed by atoms with E-state index in [4.69, 9.17) is 0 Å². The molecule has 2 aromatic rings. The van der Waals surface area contributed by atoms with Crippen LogP contribution in [0.4, 0.5) is 5.69 Å². The second kappa shape index (κ2) is 5.75. The molecule has 5 nitrogen and oxygen atoms in total. The maximum atomic E-state index is 11.2. The van der Waals surface area contributed by atoms with Crippen LogP contribution in [-0.4, -0.2) is 16.0 Å². The molecule has 0 bridgehead atoms. The first kappa shape index (κ1) is 14.1. The Kier molecular flexibility index (Phi) is 4.05. The molecule has 0 saturated carbocycles. The fourth-order valence-corrected chi connectivity index (χ4v) is 2.71. The Morgan fingerprint density at radius 1 is 1.20 bits per heavy atom. The van der Waals surface area contributed by atoms with Gasteiger partial charge in [-0.05, 0) is 30.7 Å². The molecule has 0 aromatic heterocycles. The number of hydrogen-bond donors (Lipinski definition) is 1. The number of rotatable bonds is 4. The molecule has 0 saturated heterocycles. The van der Waals surface area contributed by atoms with Gasteiger partial charge in [0, 0.05) is 21.9 Å². The molecule has 0 atom stereocenters. The first-order chi connectivity index (χ1) is 9.49. The predicted octanol–water partition coefficient (Wildman–Crippen LogP) is 3.75. The number of carboxylic acid groups (broad SMARTS) is 1. The van der Waals surface area contributed by atoms with Crippen molar-refractivity contribution in [3.8, 4) is 0 Å². The van der Waals surface area contributed by atoms with Gasteiger partial charge in [-0.15, -0.1) is 0 Å². The summed E-state index contributed by atoms with van der Waals surface area (Å²) >= 11 is 1.29. The van der Waals surface area contributed by atoms with Crippen LogP contribution >= 0.6 is 11.8 Å². The van der Waals surface area contributed by atoms with Crippen LogP contribution in [0.3, 0.4) is 0 Å². The zero-order valence-electron chi connectivity index (χ0n) is 10.6. The Labute approximate surface area is 119 Å². The Balaban J connectivity index is 2.34. The van der Waals surface area contributed by atoms with Crippen LogP contribution in [0.1, 0.15) is 15.9 Å². The number of carboxylic acids is 1. The highest BCUT2D eigenvalue weighted by molar-refractivity contribution is 7.99. The minimum Gasteiger partial charge on any atom is -0.478 e. The summed E-state index contributed by atoms with van der Waals surface area (Å²) in [5.74, 6) is -0.988. The van der Waals surface area contributed by atoms with E-state index in [1.807, 2.05) is 13.0 Å². The Bertz CT molecular complexity index is 667. The van der Waals surface area contributed by atoms with Crippen molar-refractivity contribution >= 4 is 23.4 Å². The topological polar surface area (TPSA) is 80.4 Å². The first-order valence-electron chi connectivity index (χ1n) is 5.74. The summed E-state index contributed by atoms with van der Waals surface area (Å²) in [6.45, 7) is 1.83. The summed E-state index contributed by atoms with van der Waals surface area (Å²) in [6, 6.07) is 11.1. The standard InChI is InChI=1S/C14H11NO4S/c1-9-3-2-4-12(14(16)17)13(9)20-11-7-5-10(6-8-11)15(18)19/h2-8H,1H3,(H,16,17). The van der Waals surface area contributed by atoms with Crippen molar-refractivity contribution in [2.75, 3.05) is 0 Å². The van der Waals surface area contributed by atoms with Crippen molar-refractivity contribution in [3.63, 3.8) is 0 Å². The molecular weight excluding hydrogens is 278 g/mol. The van der Waals surface area contributed by atoms with Crippen molar-refractivity contribution in [1.82, 2.24) is 0 Å². The lowest BCUT2D eigenvalue weighted by atomic mass is 10.1. The number of hydrogen-bond acceptors (Lipinski definition) is 4. The number of nitrogens with zero attached hydrogens (tertiary/aromatic N) is 1. The zero-order chi connectivity index (χ0) is 14.7. The van der Waals surface area contributed by atoms with E-state index >= 15 is 0 Å². The van der Waals surface area contributed by atoms with E-state index in [1.165, 1.54) is 23.9 Å². The number of non-ortho nitro benzene ring substituents is 1. The number of nitro benzene ring substituents is 1. The van der Waals surface area contributed by atoms with Gasteiger partial charge in [0.15, 0.2) is 0 Å². The summed E-state index contributed by atoms with van der Waals surface area (Å²) in [5, 5.41) is 19.8. The van der Waals surface area contributed by atoms with Crippen LogP contribution < -0.4 is 0 Å². The van der Waals surface area contributed by atoms with Crippen molar-refractivity contribution in [2.24, 2.45) is 0 Å². The Hall–Kier alpha value is -2.34. The third-order valence-electron chi connectivity index (χ3n) is 2.71. The van der Waals surface area contributed by atoms with Gasteiger partial charge in [0.25, 0.3) is 5.69 Å². The predicted molar refractivity (Wildman–Crippen MR) is 75.4 cm³/mol. The largest absolute Gasteiger partial charge is 0.478 e. The molecule has 0 unspecified atom stereocenters. The minimum absolute atomic E-state index is 0.0117. The van der Waals surface area contributed by atoms with Gasteiger partial charge >= 0.3 is 5.97 Å². The molecule has 0 fully saturated rings. The van der Waals surface area contributed by atoms with E-state index in [0.29, 0.717) is 4.90 Å². The molecule has 1 N–H and O–H groups in total. The molecule has 6 heteroatoms. The van der Waals surface area contributed by atoms with Crippen LogP contribution in [0.25, 0.3) is 0 Å². The summed E-state index contributed by atoms with van der Waals surface area (Å²) in [4.78, 5) is 22.7. The van der Waals surface area contributed by atoms with Crippen molar-refractivity contribution in [2.45, 2.75) is 16.7 Å². The zero-order valence-corrected chi connectivity index (χ0v) is 11.4. The number of carbonyl (C=O) groups is 1. The number of benzene rings is 2. The molecule has 0 aliphatic carbocycles. The van der Waals surface area contributed by atoms with Gasteiger partial charge in [0.2, 0.25) is 0 Å². The Morgan fingerprint density at radius 3 is 2.40 bits per heavy atom. The third-order valence-corrected chi connectivity index (χ3v) is 3.96. The quantitative estimate of drug-likeness (QED) is 0.684. The van der Waals surface area contributed by atoms with Gasteiger partial charge < -0.3 is 5.11 Å². The summed E-state index contributed by atoms with van der Waals surface area (Å²) in [5.41, 5.74) is 1.10. The van der Waals surface area contributed by atoms with Gasteiger partial charge in [0.05, 0.1) is 10.5 Å². The minimum atomic E-state index is -0.988. The van der Waals surface area contributed by atoms with Gasteiger partial charge in [-0.3, -0.25) is 10.1 Å². The van der Waals surface area contributed by atoms with E-state index in [9.17, 15) is 20.0 Å². The third kappa shape index (κ3) is 2.97. The molecule has 20 heavy (non-hydrogen) atoms. The maximum absolute atomic E-state index is 11.2. The average molecular weight is 289 g/mol. The van der Waals surface area contributed by atoms with Crippen LogP contribution in [-0.2, 0) is 0 Å². The summed E-state index contributed by atoms with van der Waals surface area (Å²) in [7, 11) is 0. The van der Waals surface area contributed by atoms with Crippen molar-refractivity contribution in [1.29, 1.82) is 0 Å². The van der Waals surface area contributed by atoms with Crippen LogP contribution in [0.15, 0.2) is 52.3 Å². The number of aromatic carboxylic acids is 1. The average Bonchev–Trinajstić information content (AvgIpc) is 2.41. The molecule has 0 radical (unpaired) electrons. The molecule has 0 aliphatic heterocycles. The van der Waals surface area contributed by atoms with Crippen LogP contribution in [0.2, 0.25) is 0 Å². The lowest BCUT2D eigenvalue weighted by molar-refractivity contribution is -0.384. The molecule has 0 heterocycles. The van der Waals surface area contributed by atoms with E-state index in [1.54, 1.807) is 24.3 Å². The number of aryl methyl sites for hydroxylation is 1. The molecular formula is C14H11NO4S. The van der Waals surface area contributed by atoms with Crippen LogP contribution in [0.5, 0.6) is 0 Å². The van der Waals surface area contributed by atoms with Gasteiger partial charge in [0.1, 0.15) is 0 Å². The lowest BCUT2D eigenvalue weighted by Crippen LogP contribution is -2.00. The molecule has 0 spiro atoms. The van der Waals surface area contributed by atoms with Crippen molar-refractivity contribution in [3.05, 3.63) is 63.7 Å². The Morgan fingerprint density at radius 2 is 1.85 bits per heavy atom. The smallest absolute Gasteiger partial charge is 0.336 e. The van der Waals surface area contributed by atoms with E-state index in [2.05, 4.69) is 0 Å². The molecule has 2 aromatic carbocycles. The first-order valence-corrected chi connectivity index (χ1v) is 6.56. The second-order valence-corrected chi connectivity index (χ2v) is 5.19. The molecule has 2 rings (SSSR count). The van der Waals surface area contributed by atoms with E-state index in [-0.39, 0.29) is 11.3 Å². The molecule has 0 aliphatic rings. The highest BCUT2D eigenvalue weighted by Gasteiger charge is 2.13. The lowest BCUT2D eigenvalue weighted by Gasteiger charge is -2.09. The van der Waals surface area contributed by atoms with Gasteiger partial charge in [-0.25, -0.2) is 4.79 Å². The summed E-state index contributed by atoms with van der Waals surface area (Å²) < 4.78 is 0. The van der Waals surface area contributed by atoms with Gasteiger partial charge in [-0.2, -0.15) is 0 Å². The highest BCUT2D eigenvalue weighted by Crippen LogP contribution is 2.33. The second-order valence-electron chi connectivity index (χ2n) is 4.11. The maximum Gasteiger partial charge on any atom is 0.336 e. The molecule has 0 amide bonds. The van der Waals surface area contributed by atoms with Crippen LogP contribution in [0, 0.1) is 17.0 Å². The normalized spacial score (nSPS) is 10.2. The summed E-state index contributed by atoms with van der Waals surface area (Å²) in [6.07, 6.45) is 0. The SMILES string of the molecule is Cc1cccc(C(=O)O)c1Sc1ccc([N+](=O)[O-])cc1. The van der Waals surface area contributed by atoms with E-state index < -0.39 is 10.9 Å². The fraction of sp³-hybridized carbons (Fsp3) is 0.0714. The highest BCUT2D eigenvalue weighted by atomic mass is 32.2. The number of nitro groups is 1. The van der Waals surface area contributed by atoms with E-state index in [0.717, 1.165) is 10.5 Å². The molecule has 102 valence electrons. The van der Waals surface area contributed by atoms with Crippen molar-refractivity contribution < 1.29 is 14.8 Å². The monoisotopic (exact) mass is 289 g/mol.